The normalized spacial score (nSPS) is 10.5. The van der Waals surface area contributed by atoms with Gasteiger partial charge in [0.1, 0.15) is 0 Å². The molecule has 0 unspecified atom stereocenters. The lowest BCUT2D eigenvalue weighted by atomic mass is 10.2. The largest absolute Gasteiger partial charge is 0.276 e. The van der Waals surface area contributed by atoms with Gasteiger partial charge in [-0.05, 0) is 29.7 Å². The summed E-state index contributed by atoms with van der Waals surface area (Å²) in [5.41, 5.74) is 4.96. The number of pyridine rings is 1. The molecule has 7 nitrogen and oxygen atoms in total. The van der Waals surface area contributed by atoms with Crippen LogP contribution in [0.5, 0.6) is 0 Å². The van der Waals surface area contributed by atoms with E-state index in [9.17, 15) is 9.59 Å². The number of aryl methyl sites for hydroxylation is 1. The third kappa shape index (κ3) is 6.32. The van der Waals surface area contributed by atoms with Gasteiger partial charge >= 0.3 is 0 Å². The minimum Gasteiger partial charge on any atom is -0.276 e. The van der Waals surface area contributed by atoms with Crippen molar-refractivity contribution in [1.29, 1.82) is 0 Å². The Hall–Kier alpha value is -2.48. The number of halogens is 1. The Kier molecular flexibility index (Phi) is 8.19. The Morgan fingerprint density at radius 2 is 2.07 bits per heavy atom. The van der Waals surface area contributed by atoms with Crippen LogP contribution >= 0.6 is 11.6 Å². The second-order valence-electron chi connectivity index (χ2n) is 5.74. The van der Waals surface area contributed by atoms with E-state index in [1.54, 1.807) is 18.3 Å². The van der Waals surface area contributed by atoms with Gasteiger partial charge in [0.2, 0.25) is 12.3 Å². The highest BCUT2D eigenvalue weighted by Crippen LogP contribution is 2.14. The first kappa shape index (κ1) is 20.8. The third-order valence-electron chi connectivity index (χ3n) is 3.88. The SMILES string of the molecule is CCc1ccc(N(C=O)OCCN(NCc2ccccc2Cl)C(C)=O)nc1. The molecule has 1 heterocycles. The molecule has 0 fully saturated rings. The van der Waals surface area contributed by atoms with Crippen molar-refractivity contribution in [3.63, 3.8) is 0 Å². The van der Waals surface area contributed by atoms with Crippen LogP contribution in [-0.4, -0.2) is 35.5 Å². The minimum absolute atomic E-state index is 0.116. The fraction of sp³-hybridized carbons (Fsp3) is 0.316. The summed E-state index contributed by atoms with van der Waals surface area (Å²) in [5.74, 6) is 0.217. The van der Waals surface area contributed by atoms with Crippen molar-refractivity contribution >= 4 is 29.7 Å². The first-order chi connectivity index (χ1) is 13.0. The van der Waals surface area contributed by atoms with Gasteiger partial charge in [-0.2, -0.15) is 5.06 Å². The Labute approximate surface area is 163 Å². The zero-order valence-corrected chi connectivity index (χ0v) is 16.1. The fourth-order valence-electron chi connectivity index (χ4n) is 2.31. The van der Waals surface area contributed by atoms with E-state index >= 15 is 0 Å². The molecule has 0 aliphatic heterocycles. The highest BCUT2D eigenvalue weighted by atomic mass is 35.5. The molecule has 1 aromatic carbocycles. The second kappa shape index (κ2) is 10.6. The lowest BCUT2D eigenvalue weighted by Crippen LogP contribution is -2.44. The number of aromatic nitrogens is 1. The summed E-state index contributed by atoms with van der Waals surface area (Å²) in [5, 5.41) is 3.09. The van der Waals surface area contributed by atoms with Gasteiger partial charge in [-0.3, -0.25) is 19.4 Å². The maximum Gasteiger partial charge on any atom is 0.239 e. The number of nitrogens with one attached hydrogen (secondary N) is 1. The van der Waals surface area contributed by atoms with Crippen LogP contribution in [0, 0.1) is 0 Å². The quantitative estimate of drug-likeness (QED) is 0.498. The van der Waals surface area contributed by atoms with Gasteiger partial charge in [0.15, 0.2) is 5.82 Å². The molecule has 0 aliphatic rings. The predicted octanol–water partition coefficient (Wildman–Crippen LogP) is 2.75. The van der Waals surface area contributed by atoms with Gasteiger partial charge in [-0.25, -0.2) is 10.4 Å². The van der Waals surface area contributed by atoms with Gasteiger partial charge in [-0.15, -0.1) is 0 Å². The van der Waals surface area contributed by atoms with Crippen LogP contribution in [0.15, 0.2) is 42.6 Å². The number of carbonyl (C=O) groups is 2. The average Bonchev–Trinajstić information content (AvgIpc) is 2.68. The zero-order chi connectivity index (χ0) is 19.6. The molecule has 1 aromatic heterocycles. The fourth-order valence-corrected chi connectivity index (χ4v) is 2.51. The monoisotopic (exact) mass is 390 g/mol. The number of rotatable bonds is 10. The van der Waals surface area contributed by atoms with E-state index in [2.05, 4.69) is 10.4 Å². The van der Waals surface area contributed by atoms with Crippen LogP contribution in [0.2, 0.25) is 5.02 Å². The molecule has 0 spiro atoms. The van der Waals surface area contributed by atoms with E-state index < -0.39 is 0 Å². The van der Waals surface area contributed by atoms with Crippen molar-refractivity contribution in [3.05, 3.63) is 58.7 Å². The van der Waals surface area contributed by atoms with Crippen molar-refractivity contribution in [2.75, 3.05) is 18.2 Å². The van der Waals surface area contributed by atoms with E-state index in [-0.39, 0.29) is 19.1 Å². The first-order valence-electron chi connectivity index (χ1n) is 8.62. The van der Waals surface area contributed by atoms with Gasteiger partial charge < -0.3 is 0 Å². The zero-order valence-electron chi connectivity index (χ0n) is 15.4. The van der Waals surface area contributed by atoms with E-state index in [1.165, 1.54) is 11.9 Å². The number of amides is 2. The van der Waals surface area contributed by atoms with Crippen molar-refractivity contribution in [2.24, 2.45) is 0 Å². The predicted molar refractivity (Wildman–Crippen MR) is 104 cm³/mol. The molecule has 2 rings (SSSR count). The highest BCUT2D eigenvalue weighted by Gasteiger charge is 2.12. The summed E-state index contributed by atoms with van der Waals surface area (Å²) in [7, 11) is 0. The number of hydrogen-bond donors (Lipinski definition) is 1. The molecule has 27 heavy (non-hydrogen) atoms. The van der Waals surface area contributed by atoms with E-state index in [1.807, 2.05) is 31.2 Å². The summed E-state index contributed by atoms with van der Waals surface area (Å²) in [6.45, 7) is 4.23. The molecular formula is C19H23ClN4O3. The van der Waals surface area contributed by atoms with Crippen LogP contribution in [0.1, 0.15) is 25.0 Å². The molecule has 144 valence electrons. The Morgan fingerprint density at radius 3 is 2.67 bits per heavy atom. The summed E-state index contributed by atoms with van der Waals surface area (Å²) < 4.78 is 0. The molecule has 0 aliphatic carbocycles. The Morgan fingerprint density at radius 1 is 1.30 bits per heavy atom. The van der Waals surface area contributed by atoms with E-state index in [0.29, 0.717) is 23.8 Å². The number of carbonyl (C=O) groups excluding carboxylic acids is 2. The second-order valence-corrected chi connectivity index (χ2v) is 6.15. The number of hydroxylamine groups is 1. The molecule has 0 saturated carbocycles. The molecule has 2 amide bonds. The molecule has 0 atom stereocenters. The smallest absolute Gasteiger partial charge is 0.239 e. The van der Waals surface area contributed by atoms with Gasteiger partial charge in [0.05, 0.1) is 13.2 Å². The van der Waals surface area contributed by atoms with Crippen LogP contribution in [0.25, 0.3) is 0 Å². The standard InChI is InChI=1S/C19H23ClN4O3/c1-3-16-8-9-19(21-12-16)24(14-25)27-11-10-23(15(2)26)22-13-17-6-4-5-7-18(17)20/h4-9,12,14,22H,3,10-11,13H2,1-2H3. The summed E-state index contributed by atoms with van der Waals surface area (Å²) in [4.78, 5) is 32.7. The maximum absolute atomic E-state index is 11.8. The number of hydrazine groups is 1. The Balaban J connectivity index is 1.87. The molecule has 0 bridgehead atoms. The van der Waals surface area contributed by atoms with Crippen molar-refractivity contribution in [2.45, 2.75) is 26.8 Å². The lowest BCUT2D eigenvalue weighted by molar-refractivity contribution is -0.133. The van der Waals surface area contributed by atoms with E-state index in [4.69, 9.17) is 16.4 Å². The lowest BCUT2D eigenvalue weighted by Gasteiger charge is -2.23. The van der Waals surface area contributed by atoms with Crippen molar-refractivity contribution in [3.8, 4) is 0 Å². The van der Waals surface area contributed by atoms with E-state index in [0.717, 1.165) is 22.6 Å². The molecule has 2 aromatic rings. The van der Waals surface area contributed by atoms with Gasteiger partial charge in [0.25, 0.3) is 0 Å². The van der Waals surface area contributed by atoms with Crippen LogP contribution in [0.4, 0.5) is 5.82 Å². The average molecular weight is 391 g/mol. The van der Waals surface area contributed by atoms with Crippen molar-refractivity contribution in [1.82, 2.24) is 15.4 Å². The number of anilines is 1. The molecule has 0 radical (unpaired) electrons. The number of benzene rings is 1. The molecule has 0 saturated heterocycles. The summed E-state index contributed by atoms with van der Waals surface area (Å²) >= 11 is 6.12. The molecule has 1 N–H and O–H groups in total. The topological polar surface area (TPSA) is 74.8 Å². The van der Waals surface area contributed by atoms with Crippen molar-refractivity contribution < 1.29 is 14.4 Å². The molecule has 8 heteroatoms. The van der Waals surface area contributed by atoms with Crippen LogP contribution in [-0.2, 0) is 27.4 Å². The van der Waals surface area contributed by atoms with Crippen LogP contribution < -0.4 is 10.5 Å². The van der Waals surface area contributed by atoms with Crippen LogP contribution in [0.3, 0.4) is 0 Å². The molecular weight excluding hydrogens is 368 g/mol. The summed E-state index contributed by atoms with van der Waals surface area (Å²) in [6.07, 6.45) is 3.10. The Bertz CT molecular complexity index is 755. The third-order valence-corrected chi connectivity index (χ3v) is 4.25. The minimum atomic E-state index is -0.172. The number of hydrogen-bond acceptors (Lipinski definition) is 5. The highest BCUT2D eigenvalue weighted by molar-refractivity contribution is 6.31. The summed E-state index contributed by atoms with van der Waals surface area (Å²) in [6, 6.07) is 11.0. The maximum atomic E-state index is 11.8. The number of nitrogens with zero attached hydrogens (tertiary/aromatic N) is 3. The van der Waals surface area contributed by atoms with Gasteiger partial charge in [-0.1, -0.05) is 42.8 Å². The van der Waals surface area contributed by atoms with Gasteiger partial charge in [0, 0.05) is 24.7 Å². The first-order valence-corrected chi connectivity index (χ1v) is 9.00.